The number of hydrogen-bond acceptors (Lipinski definition) is 1. The molecule has 0 aliphatic rings. The minimum atomic E-state index is 0.368. The Balaban J connectivity index is -0.000000174. The summed E-state index contributed by atoms with van der Waals surface area (Å²) in [5, 5.41) is 8.92. The summed E-state index contributed by atoms with van der Waals surface area (Å²) in [7, 11) is 0.500. The SMILES string of the molecule is CC.CC.CF.Cc1ccccc1O. The van der Waals surface area contributed by atoms with Crippen LogP contribution in [0.15, 0.2) is 24.3 Å². The quantitative estimate of drug-likeness (QED) is 0.663. The second-order valence-corrected chi connectivity index (χ2v) is 1.79. The number of benzene rings is 1. The number of alkyl halides is 1. The maximum atomic E-state index is 9.50. The Morgan fingerprint density at radius 3 is 1.50 bits per heavy atom. The number of phenols is 1. The summed E-state index contributed by atoms with van der Waals surface area (Å²) >= 11 is 0. The van der Waals surface area contributed by atoms with Gasteiger partial charge in [0.05, 0.1) is 7.18 Å². The van der Waals surface area contributed by atoms with Crippen LogP contribution in [0, 0.1) is 6.92 Å². The lowest BCUT2D eigenvalue weighted by atomic mass is 10.2. The topological polar surface area (TPSA) is 20.2 Å². The molecule has 1 aromatic rings. The van der Waals surface area contributed by atoms with Crippen LogP contribution in [0.4, 0.5) is 4.39 Å². The van der Waals surface area contributed by atoms with E-state index in [-0.39, 0.29) is 0 Å². The molecule has 2 heteroatoms. The fourth-order valence-electron chi connectivity index (χ4n) is 0.563. The van der Waals surface area contributed by atoms with Crippen molar-refractivity contribution in [1.29, 1.82) is 0 Å². The first-order valence-electron chi connectivity index (χ1n) is 4.93. The Hall–Kier alpha value is -1.05. The van der Waals surface area contributed by atoms with Crippen LogP contribution < -0.4 is 0 Å². The van der Waals surface area contributed by atoms with Crippen molar-refractivity contribution >= 4 is 0 Å². The van der Waals surface area contributed by atoms with E-state index in [1.54, 1.807) is 6.07 Å². The van der Waals surface area contributed by atoms with Crippen molar-refractivity contribution in [3.05, 3.63) is 29.8 Å². The molecule has 0 radical (unpaired) electrons. The van der Waals surface area contributed by atoms with Crippen molar-refractivity contribution in [2.45, 2.75) is 34.6 Å². The van der Waals surface area contributed by atoms with E-state index in [1.165, 1.54) is 0 Å². The second kappa shape index (κ2) is 17.9. The molecular formula is C12H23FO. The van der Waals surface area contributed by atoms with Gasteiger partial charge < -0.3 is 5.11 Å². The number of para-hydroxylation sites is 1. The van der Waals surface area contributed by atoms with E-state index in [0.29, 0.717) is 12.9 Å². The first kappa shape index (κ1) is 18.7. The summed E-state index contributed by atoms with van der Waals surface area (Å²) in [5.74, 6) is 0.368. The third-order valence-corrected chi connectivity index (χ3v) is 1.12. The molecular weight excluding hydrogens is 179 g/mol. The third kappa shape index (κ3) is 11.0. The van der Waals surface area contributed by atoms with Gasteiger partial charge in [0.1, 0.15) is 5.75 Å². The van der Waals surface area contributed by atoms with Crippen molar-refractivity contribution in [2.24, 2.45) is 0 Å². The van der Waals surface area contributed by atoms with Gasteiger partial charge in [-0.15, -0.1) is 0 Å². The molecule has 1 N–H and O–H groups in total. The lowest BCUT2D eigenvalue weighted by Crippen LogP contribution is -1.68. The number of halogens is 1. The Bertz CT molecular complexity index is 166. The van der Waals surface area contributed by atoms with Crippen molar-refractivity contribution in [1.82, 2.24) is 0 Å². The third-order valence-electron chi connectivity index (χ3n) is 1.12. The Morgan fingerprint density at radius 2 is 1.29 bits per heavy atom. The largest absolute Gasteiger partial charge is 0.508 e. The number of rotatable bonds is 0. The van der Waals surface area contributed by atoms with Gasteiger partial charge in [-0.05, 0) is 18.6 Å². The van der Waals surface area contributed by atoms with Crippen LogP contribution in [0.3, 0.4) is 0 Å². The van der Waals surface area contributed by atoms with E-state index in [4.69, 9.17) is 5.11 Å². The molecule has 0 bridgehead atoms. The zero-order valence-corrected chi connectivity index (χ0v) is 10.1. The molecule has 1 rings (SSSR count). The maximum Gasteiger partial charge on any atom is 0.118 e. The fraction of sp³-hybridized carbons (Fsp3) is 0.500. The first-order valence-corrected chi connectivity index (χ1v) is 4.93. The molecule has 0 unspecified atom stereocenters. The van der Waals surface area contributed by atoms with Crippen LogP contribution >= 0.6 is 0 Å². The molecule has 1 aromatic carbocycles. The summed E-state index contributed by atoms with van der Waals surface area (Å²) in [4.78, 5) is 0. The van der Waals surface area contributed by atoms with Crippen LogP contribution in [-0.4, -0.2) is 12.3 Å². The average Bonchev–Trinajstić information content (AvgIpc) is 2.31. The van der Waals surface area contributed by atoms with Crippen molar-refractivity contribution < 1.29 is 9.50 Å². The fourth-order valence-corrected chi connectivity index (χ4v) is 0.563. The molecule has 0 aromatic heterocycles. The van der Waals surface area contributed by atoms with Gasteiger partial charge in [-0.3, -0.25) is 4.39 Å². The van der Waals surface area contributed by atoms with Gasteiger partial charge in [-0.25, -0.2) is 0 Å². The summed E-state index contributed by atoms with van der Waals surface area (Å²) in [6, 6.07) is 7.25. The predicted octanol–water partition coefficient (Wildman–Crippen LogP) is 4.34. The van der Waals surface area contributed by atoms with Crippen LogP contribution in [0.1, 0.15) is 33.3 Å². The highest BCUT2D eigenvalue weighted by molar-refractivity contribution is 5.29. The highest BCUT2D eigenvalue weighted by atomic mass is 19.1. The van der Waals surface area contributed by atoms with Gasteiger partial charge in [0.2, 0.25) is 0 Å². The molecule has 0 aliphatic carbocycles. The molecule has 0 aliphatic heterocycles. The Kier molecular flexibility index (Phi) is 23.9. The van der Waals surface area contributed by atoms with E-state index in [2.05, 4.69) is 0 Å². The summed E-state index contributed by atoms with van der Waals surface area (Å²) in [6.45, 7) is 9.87. The monoisotopic (exact) mass is 202 g/mol. The van der Waals surface area contributed by atoms with E-state index < -0.39 is 0 Å². The number of aryl methyl sites for hydroxylation is 1. The summed E-state index contributed by atoms with van der Waals surface area (Å²) in [5.41, 5.74) is 0.924. The molecule has 0 amide bonds. The smallest absolute Gasteiger partial charge is 0.118 e. The lowest BCUT2D eigenvalue weighted by molar-refractivity contribution is 0.471. The van der Waals surface area contributed by atoms with Crippen LogP contribution in [0.5, 0.6) is 5.75 Å². The second-order valence-electron chi connectivity index (χ2n) is 1.79. The number of phenolic OH excluding ortho intramolecular Hbond substituents is 1. The zero-order chi connectivity index (χ0) is 12.0. The van der Waals surface area contributed by atoms with Crippen molar-refractivity contribution in [3.8, 4) is 5.75 Å². The molecule has 0 saturated heterocycles. The molecule has 1 nitrogen and oxygen atoms in total. The molecule has 84 valence electrons. The molecule has 14 heavy (non-hydrogen) atoms. The van der Waals surface area contributed by atoms with Crippen LogP contribution in [0.25, 0.3) is 0 Å². The molecule has 0 saturated carbocycles. The zero-order valence-electron chi connectivity index (χ0n) is 10.1. The number of aromatic hydroxyl groups is 1. The van der Waals surface area contributed by atoms with Gasteiger partial charge in [0.25, 0.3) is 0 Å². The molecule has 0 atom stereocenters. The summed E-state index contributed by atoms with van der Waals surface area (Å²) in [6.07, 6.45) is 0. The van der Waals surface area contributed by atoms with E-state index in [0.717, 1.165) is 5.56 Å². The van der Waals surface area contributed by atoms with Gasteiger partial charge in [0, 0.05) is 0 Å². The molecule has 0 heterocycles. The van der Waals surface area contributed by atoms with Gasteiger partial charge in [0.15, 0.2) is 0 Å². The van der Waals surface area contributed by atoms with E-state index >= 15 is 0 Å². The van der Waals surface area contributed by atoms with Gasteiger partial charge >= 0.3 is 0 Å². The Morgan fingerprint density at radius 1 is 0.929 bits per heavy atom. The van der Waals surface area contributed by atoms with E-state index in [9.17, 15) is 4.39 Å². The van der Waals surface area contributed by atoms with Gasteiger partial charge in [-0.1, -0.05) is 45.9 Å². The van der Waals surface area contributed by atoms with Crippen LogP contribution in [-0.2, 0) is 0 Å². The normalized spacial score (nSPS) is 6.50. The predicted molar refractivity (Wildman–Crippen MR) is 62.6 cm³/mol. The molecule has 0 spiro atoms. The first-order chi connectivity index (χ1) is 6.80. The number of hydrogen-bond donors (Lipinski definition) is 1. The van der Waals surface area contributed by atoms with Crippen molar-refractivity contribution in [3.63, 3.8) is 0 Å². The van der Waals surface area contributed by atoms with Crippen molar-refractivity contribution in [2.75, 3.05) is 7.18 Å². The van der Waals surface area contributed by atoms with Crippen LogP contribution in [0.2, 0.25) is 0 Å². The Labute approximate surface area is 87.6 Å². The average molecular weight is 202 g/mol. The standard InChI is InChI=1S/C7H8O.2C2H6.CH3F/c1-6-4-2-3-5-7(6)8;3*1-2/h2-5,8H,1H3;2*1-2H3;1H3. The maximum absolute atomic E-state index is 9.50. The van der Waals surface area contributed by atoms with E-state index in [1.807, 2.05) is 52.8 Å². The minimum Gasteiger partial charge on any atom is -0.508 e. The van der Waals surface area contributed by atoms with Gasteiger partial charge in [-0.2, -0.15) is 0 Å². The lowest BCUT2D eigenvalue weighted by Gasteiger charge is -1.92. The minimum absolute atomic E-state index is 0.368. The highest BCUT2D eigenvalue weighted by Crippen LogP contribution is 2.12. The molecule has 0 fully saturated rings. The highest BCUT2D eigenvalue weighted by Gasteiger charge is 1.86. The summed E-state index contributed by atoms with van der Waals surface area (Å²) < 4.78 is 9.50.